The minimum Gasteiger partial charge on any atom is -0.324 e. The van der Waals surface area contributed by atoms with Gasteiger partial charge in [-0.2, -0.15) is 0 Å². The minimum atomic E-state index is -0.501. The van der Waals surface area contributed by atoms with Crippen molar-refractivity contribution in [2.45, 2.75) is 26.8 Å². The zero-order valence-electron chi connectivity index (χ0n) is 9.75. The number of benzene rings is 1. The van der Waals surface area contributed by atoms with Crippen molar-refractivity contribution in [1.29, 1.82) is 0 Å². The van der Waals surface area contributed by atoms with Gasteiger partial charge in [0.05, 0.1) is 6.04 Å². The number of aryl methyl sites for hydroxylation is 1. The average molecular weight is 241 g/mol. The summed E-state index contributed by atoms with van der Waals surface area (Å²) in [5.74, 6) is -0.0696. The Morgan fingerprint density at radius 1 is 1.44 bits per heavy atom. The predicted molar refractivity (Wildman–Crippen MR) is 67.6 cm³/mol. The molecule has 0 heterocycles. The number of hydrogen-bond acceptors (Lipinski definition) is 2. The van der Waals surface area contributed by atoms with Crippen LogP contribution >= 0.6 is 11.6 Å². The molecule has 0 aliphatic rings. The summed E-state index contributed by atoms with van der Waals surface area (Å²) in [5, 5.41) is 3.38. The first-order chi connectivity index (χ1) is 7.41. The van der Waals surface area contributed by atoms with Crippen LogP contribution in [0.25, 0.3) is 0 Å². The van der Waals surface area contributed by atoms with Crippen LogP contribution in [0.5, 0.6) is 0 Å². The number of amides is 1. The van der Waals surface area contributed by atoms with Crippen LogP contribution in [0.3, 0.4) is 0 Å². The Morgan fingerprint density at radius 2 is 2.06 bits per heavy atom. The zero-order chi connectivity index (χ0) is 12.3. The van der Waals surface area contributed by atoms with Crippen LogP contribution in [0.2, 0.25) is 5.02 Å². The molecule has 0 radical (unpaired) electrons. The van der Waals surface area contributed by atoms with Crippen LogP contribution in [-0.2, 0) is 4.79 Å². The molecule has 0 spiro atoms. The lowest BCUT2D eigenvalue weighted by Crippen LogP contribution is -2.39. The fourth-order valence-corrected chi connectivity index (χ4v) is 1.42. The predicted octanol–water partition coefficient (Wildman–Crippen LogP) is 2.57. The second kappa shape index (κ2) is 5.32. The van der Waals surface area contributed by atoms with Gasteiger partial charge in [0.15, 0.2) is 0 Å². The van der Waals surface area contributed by atoms with E-state index in [1.807, 2.05) is 26.8 Å². The summed E-state index contributed by atoms with van der Waals surface area (Å²) in [6.45, 7) is 5.73. The first-order valence-corrected chi connectivity index (χ1v) is 5.62. The maximum atomic E-state index is 11.7. The van der Waals surface area contributed by atoms with Gasteiger partial charge in [-0.25, -0.2) is 0 Å². The highest BCUT2D eigenvalue weighted by Gasteiger charge is 2.17. The molecule has 3 nitrogen and oxygen atoms in total. The third kappa shape index (κ3) is 3.22. The number of halogens is 1. The molecule has 1 rings (SSSR count). The van der Waals surface area contributed by atoms with Crippen molar-refractivity contribution >= 4 is 23.2 Å². The second-order valence-electron chi connectivity index (χ2n) is 4.22. The number of carbonyl (C=O) groups is 1. The van der Waals surface area contributed by atoms with Gasteiger partial charge in [-0.05, 0) is 30.5 Å². The third-order valence-corrected chi connectivity index (χ3v) is 2.71. The molecule has 0 saturated carbocycles. The molecule has 1 atom stereocenters. The van der Waals surface area contributed by atoms with Crippen molar-refractivity contribution < 1.29 is 4.79 Å². The Kier molecular flexibility index (Phi) is 4.33. The van der Waals surface area contributed by atoms with E-state index < -0.39 is 6.04 Å². The van der Waals surface area contributed by atoms with Crippen molar-refractivity contribution in [2.75, 3.05) is 5.32 Å². The molecular formula is C12H17ClN2O. The largest absolute Gasteiger partial charge is 0.324 e. The van der Waals surface area contributed by atoms with Crippen molar-refractivity contribution in [3.8, 4) is 0 Å². The van der Waals surface area contributed by atoms with Gasteiger partial charge in [0.25, 0.3) is 0 Å². The normalized spacial score (nSPS) is 12.6. The lowest BCUT2D eigenvalue weighted by atomic mass is 10.0. The van der Waals surface area contributed by atoms with Gasteiger partial charge >= 0.3 is 0 Å². The minimum absolute atomic E-state index is 0.111. The zero-order valence-corrected chi connectivity index (χ0v) is 10.5. The highest BCUT2D eigenvalue weighted by molar-refractivity contribution is 6.31. The lowest BCUT2D eigenvalue weighted by molar-refractivity contribution is -0.118. The second-order valence-corrected chi connectivity index (χ2v) is 4.65. The van der Waals surface area contributed by atoms with E-state index in [-0.39, 0.29) is 11.8 Å². The Hall–Kier alpha value is -1.06. The van der Waals surface area contributed by atoms with Crippen molar-refractivity contribution in [3.63, 3.8) is 0 Å². The average Bonchev–Trinajstić information content (AvgIpc) is 2.22. The van der Waals surface area contributed by atoms with E-state index in [0.29, 0.717) is 10.7 Å². The molecule has 0 fully saturated rings. The van der Waals surface area contributed by atoms with Gasteiger partial charge in [0.1, 0.15) is 0 Å². The number of nitrogens with one attached hydrogen (secondary N) is 1. The van der Waals surface area contributed by atoms with E-state index in [1.54, 1.807) is 12.1 Å². The third-order valence-electron chi connectivity index (χ3n) is 2.48. The molecule has 16 heavy (non-hydrogen) atoms. The lowest BCUT2D eigenvalue weighted by Gasteiger charge is -2.16. The number of rotatable bonds is 3. The smallest absolute Gasteiger partial charge is 0.241 e. The molecule has 1 aromatic carbocycles. The van der Waals surface area contributed by atoms with E-state index in [9.17, 15) is 4.79 Å². The van der Waals surface area contributed by atoms with E-state index in [0.717, 1.165) is 5.56 Å². The van der Waals surface area contributed by atoms with Gasteiger partial charge in [-0.3, -0.25) is 4.79 Å². The fraction of sp³-hybridized carbons (Fsp3) is 0.417. The molecule has 3 N–H and O–H groups in total. The van der Waals surface area contributed by atoms with Gasteiger partial charge in [-0.15, -0.1) is 0 Å². The first-order valence-electron chi connectivity index (χ1n) is 5.24. The SMILES string of the molecule is Cc1ccc(Cl)cc1NC(=O)[C@@H](N)C(C)C. The van der Waals surface area contributed by atoms with Crippen LogP contribution in [0.1, 0.15) is 19.4 Å². The fourth-order valence-electron chi connectivity index (χ4n) is 1.25. The van der Waals surface area contributed by atoms with Gasteiger partial charge < -0.3 is 11.1 Å². The van der Waals surface area contributed by atoms with Crippen LogP contribution in [0, 0.1) is 12.8 Å². The number of nitrogens with two attached hydrogens (primary N) is 1. The summed E-state index contributed by atoms with van der Waals surface area (Å²) < 4.78 is 0. The summed E-state index contributed by atoms with van der Waals surface area (Å²) in [5.41, 5.74) is 7.43. The van der Waals surface area contributed by atoms with Crippen LogP contribution in [0.4, 0.5) is 5.69 Å². The van der Waals surface area contributed by atoms with Gasteiger partial charge in [0, 0.05) is 10.7 Å². The van der Waals surface area contributed by atoms with E-state index in [1.165, 1.54) is 0 Å². The summed E-state index contributed by atoms with van der Waals surface area (Å²) in [4.78, 5) is 11.7. The molecule has 0 aromatic heterocycles. The molecule has 4 heteroatoms. The van der Waals surface area contributed by atoms with Crippen LogP contribution < -0.4 is 11.1 Å². The van der Waals surface area contributed by atoms with Crippen LogP contribution in [0.15, 0.2) is 18.2 Å². The topological polar surface area (TPSA) is 55.1 Å². The summed E-state index contributed by atoms with van der Waals surface area (Å²) in [7, 11) is 0. The quantitative estimate of drug-likeness (QED) is 0.853. The van der Waals surface area contributed by atoms with Crippen LogP contribution in [-0.4, -0.2) is 11.9 Å². The molecule has 1 aromatic rings. The number of carbonyl (C=O) groups excluding carboxylic acids is 1. The van der Waals surface area contributed by atoms with E-state index >= 15 is 0 Å². The van der Waals surface area contributed by atoms with E-state index in [4.69, 9.17) is 17.3 Å². The highest BCUT2D eigenvalue weighted by Crippen LogP contribution is 2.20. The van der Waals surface area contributed by atoms with Crippen molar-refractivity contribution in [1.82, 2.24) is 0 Å². The van der Waals surface area contributed by atoms with Crippen molar-refractivity contribution in [3.05, 3.63) is 28.8 Å². The molecule has 88 valence electrons. The Balaban J connectivity index is 2.80. The number of hydrogen-bond donors (Lipinski definition) is 2. The molecular weight excluding hydrogens is 224 g/mol. The first kappa shape index (κ1) is 13.0. The number of anilines is 1. The molecule has 1 amide bonds. The molecule has 0 bridgehead atoms. The standard InChI is InChI=1S/C12H17ClN2O/c1-7(2)11(14)12(16)15-10-6-9(13)5-4-8(10)3/h4-7,11H,14H2,1-3H3,(H,15,16)/t11-/m0/s1. The molecule has 0 aliphatic carbocycles. The summed E-state index contributed by atoms with van der Waals surface area (Å²) in [6.07, 6.45) is 0. The molecule has 0 saturated heterocycles. The maximum absolute atomic E-state index is 11.7. The van der Waals surface area contributed by atoms with E-state index in [2.05, 4.69) is 5.32 Å². The Morgan fingerprint density at radius 3 is 2.62 bits per heavy atom. The van der Waals surface area contributed by atoms with Gasteiger partial charge in [0.2, 0.25) is 5.91 Å². The van der Waals surface area contributed by atoms with Gasteiger partial charge in [-0.1, -0.05) is 31.5 Å². The van der Waals surface area contributed by atoms with Crippen molar-refractivity contribution in [2.24, 2.45) is 11.7 Å². The Labute approximate surface area is 101 Å². The maximum Gasteiger partial charge on any atom is 0.241 e. The highest BCUT2D eigenvalue weighted by atomic mass is 35.5. The Bertz CT molecular complexity index is 391. The summed E-state index contributed by atoms with van der Waals surface area (Å²) >= 11 is 5.86. The monoisotopic (exact) mass is 240 g/mol. The summed E-state index contributed by atoms with van der Waals surface area (Å²) in [6, 6.07) is 4.87. The molecule has 0 unspecified atom stereocenters. The molecule has 0 aliphatic heterocycles.